The number of likely N-dealkylation sites (tertiary alicyclic amines) is 1. The third-order valence-electron chi connectivity index (χ3n) is 5.11. The van der Waals surface area contributed by atoms with Gasteiger partial charge in [0.2, 0.25) is 11.8 Å². The van der Waals surface area contributed by atoms with Crippen LogP contribution in [0.25, 0.3) is 0 Å². The Morgan fingerprint density at radius 3 is 2.57 bits per heavy atom. The van der Waals surface area contributed by atoms with E-state index in [0.29, 0.717) is 31.6 Å². The fourth-order valence-electron chi connectivity index (χ4n) is 3.47. The maximum Gasteiger partial charge on any atom is 0.326 e. The first-order valence-corrected chi connectivity index (χ1v) is 11.3. The summed E-state index contributed by atoms with van der Waals surface area (Å²) in [5.41, 5.74) is 0.812. The molecule has 2 rings (SSSR count). The molecule has 0 saturated carbocycles. The van der Waals surface area contributed by atoms with E-state index in [9.17, 15) is 24.3 Å². The molecule has 1 aliphatic heterocycles. The number of amides is 2. The van der Waals surface area contributed by atoms with E-state index in [1.165, 1.54) is 4.90 Å². The van der Waals surface area contributed by atoms with Crippen molar-refractivity contribution < 1.29 is 24.3 Å². The highest BCUT2D eigenvalue weighted by Gasteiger charge is 2.37. The molecule has 0 spiro atoms. The fourth-order valence-corrected chi connectivity index (χ4v) is 4.40. The molecule has 1 heterocycles. The highest BCUT2D eigenvalue weighted by atomic mass is 32.2. The van der Waals surface area contributed by atoms with Crippen molar-refractivity contribution >= 4 is 34.7 Å². The van der Waals surface area contributed by atoms with Crippen molar-refractivity contribution in [3.05, 3.63) is 35.9 Å². The third kappa shape index (κ3) is 6.86. The van der Waals surface area contributed by atoms with Crippen molar-refractivity contribution in [2.45, 2.75) is 58.0 Å². The van der Waals surface area contributed by atoms with Crippen LogP contribution >= 0.6 is 11.8 Å². The van der Waals surface area contributed by atoms with Gasteiger partial charge < -0.3 is 15.3 Å². The highest BCUT2D eigenvalue weighted by molar-refractivity contribution is 8.13. The molecule has 1 aromatic carbocycles. The zero-order valence-corrected chi connectivity index (χ0v) is 18.3. The number of carboxylic acid groups (broad SMARTS) is 1. The van der Waals surface area contributed by atoms with Crippen LogP contribution in [0.4, 0.5) is 0 Å². The number of aliphatic carboxylic acids is 1. The van der Waals surface area contributed by atoms with Crippen LogP contribution < -0.4 is 5.32 Å². The van der Waals surface area contributed by atoms with Crippen molar-refractivity contribution in [3.63, 3.8) is 0 Å². The highest BCUT2D eigenvalue weighted by Crippen LogP contribution is 2.22. The minimum Gasteiger partial charge on any atom is -0.480 e. The van der Waals surface area contributed by atoms with Crippen molar-refractivity contribution in [2.24, 2.45) is 5.92 Å². The molecule has 0 aliphatic carbocycles. The van der Waals surface area contributed by atoms with Gasteiger partial charge in [-0.2, -0.15) is 0 Å². The molecule has 0 radical (unpaired) electrons. The van der Waals surface area contributed by atoms with Gasteiger partial charge in [0.1, 0.15) is 12.1 Å². The van der Waals surface area contributed by atoms with Gasteiger partial charge in [-0.1, -0.05) is 55.9 Å². The van der Waals surface area contributed by atoms with Crippen molar-refractivity contribution in [1.29, 1.82) is 0 Å². The molecule has 0 aromatic heterocycles. The van der Waals surface area contributed by atoms with E-state index in [1.54, 1.807) is 6.92 Å². The smallest absolute Gasteiger partial charge is 0.326 e. The maximum atomic E-state index is 12.8. The fraction of sp³-hybridized carbons (Fsp3) is 0.545. The molecule has 3 atom stereocenters. The van der Waals surface area contributed by atoms with Crippen LogP contribution in [0.5, 0.6) is 0 Å². The summed E-state index contributed by atoms with van der Waals surface area (Å²) in [5.74, 6) is -1.72. The predicted molar refractivity (Wildman–Crippen MR) is 116 cm³/mol. The Kier molecular flexibility index (Phi) is 9.36. The number of hydrogen-bond acceptors (Lipinski definition) is 5. The summed E-state index contributed by atoms with van der Waals surface area (Å²) >= 11 is 1.16. The largest absolute Gasteiger partial charge is 0.480 e. The van der Waals surface area contributed by atoms with Crippen LogP contribution in [0.2, 0.25) is 0 Å². The van der Waals surface area contributed by atoms with Crippen molar-refractivity contribution in [2.75, 3.05) is 12.3 Å². The lowest BCUT2D eigenvalue weighted by Gasteiger charge is -2.27. The number of rotatable bonds is 10. The second-order valence-electron chi connectivity index (χ2n) is 7.61. The molecule has 7 nitrogen and oxygen atoms in total. The number of nitrogens with one attached hydrogen (secondary N) is 1. The minimum atomic E-state index is -1.11. The van der Waals surface area contributed by atoms with Gasteiger partial charge in [-0.25, -0.2) is 4.79 Å². The Bertz CT molecular complexity index is 755. The van der Waals surface area contributed by atoms with Crippen LogP contribution in [0.3, 0.4) is 0 Å². The van der Waals surface area contributed by atoms with E-state index >= 15 is 0 Å². The molecular weight excluding hydrogens is 404 g/mol. The van der Waals surface area contributed by atoms with E-state index < -0.39 is 24.0 Å². The van der Waals surface area contributed by atoms with Gasteiger partial charge in [0, 0.05) is 31.1 Å². The second kappa shape index (κ2) is 11.7. The summed E-state index contributed by atoms with van der Waals surface area (Å²) < 4.78 is 0. The Hall–Kier alpha value is -2.35. The van der Waals surface area contributed by atoms with Gasteiger partial charge in [0.25, 0.3) is 0 Å². The van der Waals surface area contributed by atoms with Crippen LogP contribution in [-0.4, -0.2) is 57.3 Å². The van der Waals surface area contributed by atoms with E-state index in [4.69, 9.17) is 0 Å². The third-order valence-corrected chi connectivity index (χ3v) is 6.30. The summed E-state index contributed by atoms with van der Waals surface area (Å²) in [6, 6.07) is 7.37. The SMILES string of the molecule is CCCC(=O)SCC(C)C(=O)N1CCC[C@H]1C(=O)N[C@@H](Cc1ccccc1)C(=O)O. The molecule has 30 heavy (non-hydrogen) atoms. The number of benzene rings is 1. The molecule has 8 heteroatoms. The molecular formula is C22H30N2O5S. The zero-order valence-electron chi connectivity index (χ0n) is 17.5. The van der Waals surface area contributed by atoms with Gasteiger partial charge in [0.15, 0.2) is 5.12 Å². The molecule has 1 aliphatic rings. The summed E-state index contributed by atoms with van der Waals surface area (Å²) in [5, 5.41) is 12.2. The van der Waals surface area contributed by atoms with E-state index in [0.717, 1.165) is 23.7 Å². The second-order valence-corrected chi connectivity index (χ2v) is 8.69. The predicted octanol–water partition coefficient (Wildman–Crippen LogP) is 2.49. The molecule has 1 unspecified atom stereocenters. The lowest BCUT2D eigenvalue weighted by Crippen LogP contribution is -2.52. The Morgan fingerprint density at radius 2 is 1.93 bits per heavy atom. The van der Waals surface area contributed by atoms with Crippen LogP contribution in [-0.2, 0) is 25.6 Å². The first kappa shape index (κ1) is 23.9. The van der Waals surface area contributed by atoms with Gasteiger partial charge in [-0.3, -0.25) is 14.4 Å². The molecule has 2 amide bonds. The Morgan fingerprint density at radius 1 is 1.23 bits per heavy atom. The van der Waals surface area contributed by atoms with Gasteiger partial charge in [0.05, 0.1) is 0 Å². The number of carboxylic acids is 1. The average molecular weight is 435 g/mol. The van der Waals surface area contributed by atoms with Crippen LogP contribution in [0.15, 0.2) is 30.3 Å². The summed E-state index contributed by atoms with van der Waals surface area (Å²) in [7, 11) is 0. The molecule has 0 bridgehead atoms. The Balaban J connectivity index is 1.97. The van der Waals surface area contributed by atoms with Crippen molar-refractivity contribution in [3.8, 4) is 0 Å². The molecule has 1 saturated heterocycles. The maximum absolute atomic E-state index is 12.8. The average Bonchev–Trinajstić information content (AvgIpc) is 3.21. The van der Waals surface area contributed by atoms with Crippen LogP contribution in [0.1, 0.15) is 45.1 Å². The Labute approximate surface area is 181 Å². The minimum absolute atomic E-state index is 0.0677. The summed E-state index contributed by atoms with van der Waals surface area (Å²) in [6.45, 7) is 4.16. The monoisotopic (exact) mass is 434 g/mol. The van der Waals surface area contributed by atoms with Gasteiger partial charge in [-0.15, -0.1) is 0 Å². The number of nitrogens with zero attached hydrogens (tertiary/aromatic N) is 1. The topological polar surface area (TPSA) is 104 Å². The summed E-state index contributed by atoms with van der Waals surface area (Å²) in [4.78, 5) is 50.6. The number of carbonyl (C=O) groups excluding carboxylic acids is 3. The molecule has 2 N–H and O–H groups in total. The van der Waals surface area contributed by atoms with Gasteiger partial charge >= 0.3 is 5.97 Å². The quantitative estimate of drug-likeness (QED) is 0.586. The van der Waals surface area contributed by atoms with E-state index in [1.807, 2.05) is 37.3 Å². The van der Waals surface area contributed by atoms with E-state index in [-0.39, 0.29) is 23.4 Å². The van der Waals surface area contributed by atoms with Gasteiger partial charge in [-0.05, 0) is 24.8 Å². The number of hydrogen-bond donors (Lipinski definition) is 2. The van der Waals surface area contributed by atoms with E-state index in [2.05, 4.69) is 5.32 Å². The normalized spacial score (nSPS) is 17.9. The molecule has 1 aromatic rings. The standard InChI is InChI=1S/C22H30N2O5S/c1-3-8-19(25)30-14-15(2)21(27)24-12-7-11-18(24)20(26)23-17(22(28)29)13-16-9-5-4-6-10-16/h4-6,9-10,15,17-18H,3,7-8,11-14H2,1-2H3,(H,23,26)(H,28,29)/t15?,17-,18-/m0/s1. The molecule has 164 valence electrons. The van der Waals surface area contributed by atoms with Crippen LogP contribution in [0, 0.1) is 5.92 Å². The van der Waals surface area contributed by atoms with Crippen molar-refractivity contribution in [1.82, 2.24) is 10.2 Å². The lowest BCUT2D eigenvalue weighted by molar-refractivity contribution is -0.144. The zero-order chi connectivity index (χ0) is 22.1. The first-order valence-electron chi connectivity index (χ1n) is 10.4. The molecule has 1 fully saturated rings. The summed E-state index contributed by atoms with van der Waals surface area (Å²) in [6.07, 6.45) is 2.63. The number of carbonyl (C=O) groups is 4. The first-order chi connectivity index (χ1) is 14.3. The lowest BCUT2D eigenvalue weighted by atomic mass is 10.1. The number of thioether (sulfide) groups is 1.